The number of nitrogens with one attached hydrogen (secondary N) is 2. The fourth-order valence-electron chi connectivity index (χ4n) is 2.62. The smallest absolute Gasteiger partial charge is 0.234 e. The summed E-state index contributed by atoms with van der Waals surface area (Å²) in [6, 6.07) is 11.9. The molecule has 0 radical (unpaired) electrons. The van der Waals surface area contributed by atoms with Crippen LogP contribution in [-0.2, 0) is 9.59 Å². The molecule has 136 valence electrons. The van der Waals surface area contributed by atoms with E-state index in [1.165, 1.54) is 22.9 Å². The Morgan fingerprint density at radius 3 is 2.46 bits per heavy atom. The van der Waals surface area contributed by atoms with E-state index < -0.39 is 0 Å². The third-order valence-corrected chi connectivity index (χ3v) is 5.59. The molecule has 0 unspecified atom stereocenters. The highest BCUT2D eigenvalue weighted by Crippen LogP contribution is 2.31. The number of hydrogen-bond donors (Lipinski definition) is 2. The molecule has 2 amide bonds. The van der Waals surface area contributed by atoms with Crippen LogP contribution in [0.1, 0.15) is 29.5 Å². The fourth-order valence-corrected chi connectivity index (χ4v) is 3.54. The van der Waals surface area contributed by atoms with Crippen molar-refractivity contribution in [1.29, 1.82) is 0 Å². The van der Waals surface area contributed by atoms with E-state index in [1.807, 2.05) is 32.0 Å². The molecule has 1 fully saturated rings. The Hall–Kier alpha value is -2.27. The van der Waals surface area contributed by atoms with Gasteiger partial charge in [0.15, 0.2) is 0 Å². The van der Waals surface area contributed by atoms with E-state index in [-0.39, 0.29) is 17.7 Å². The number of amides is 2. The van der Waals surface area contributed by atoms with E-state index in [1.54, 1.807) is 0 Å². The molecule has 0 saturated heterocycles. The van der Waals surface area contributed by atoms with Gasteiger partial charge >= 0.3 is 0 Å². The number of aryl methyl sites for hydroxylation is 3. The van der Waals surface area contributed by atoms with Crippen LogP contribution in [0, 0.1) is 26.7 Å². The molecule has 0 atom stereocenters. The lowest BCUT2D eigenvalue weighted by molar-refractivity contribution is -0.117. The lowest BCUT2D eigenvalue weighted by atomic mass is 10.1. The highest BCUT2D eigenvalue weighted by Gasteiger charge is 2.29. The van der Waals surface area contributed by atoms with Crippen LogP contribution in [0.4, 0.5) is 11.4 Å². The quantitative estimate of drug-likeness (QED) is 0.727. The maximum Gasteiger partial charge on any atom is 0.234 e. The number of thioether (sulfide) groups is 1. The molecule has 5 heteroatoms. The summed E-state index contributed by atoms with van der Waals surface area (Å²) in [5, 5.41) is 5.88. The first-order valence-electron chi connectivity index (χ1n) is 8.84. The maximum absolute atomic E-state index is 12.4. The molecular weight excluding hydrogens is 344 g/mol. The molecule has 0 heterocycles. The van der Waals surface area contributed by atoms with Gasteiger partial charge in [0.2, 0.25) is 11.8 Å². The summed E-state index contributed by atoms with van der Waals surface area (Å²) >= 11 is 1.54. The van der Waals surface area contributed by atoms with Crippen molar-refractivity contribution in [3.05, 3.63) is 53.1 Å². The number of carbonyl (C=O) groups is 2. The normalized spacial score (nSPS) is 13.3. The second-order valence-electron chi connectivity index (χ2n) is 6.90. The van der Waals surface area contributed by atoms with Gasteiger partial charge < -0.3 is 10.6 Å². The molecule has 3 rings (SSSR count). The SMILES string of the molecule is Cc1ccc(C)c(SCC(=O)Nc2cc(NC(=O)C3CC3)ccc2C)c1. The van der Waals surface area contributed by atoms with Gasteiger partial charge in [0.05, 0.1) is 5.75 Å². The summed E-state index contributed by atoms with van der Waals surface area (Å²) in [6.45, 7) is 6.05. The van der Waals surface area contributed by atoms with Gasteiger partial charge in [-0.15, -0.1) is 11.8 Å². The van der Waals surface area contributed by atoms with Crippen molar-refractivity contribution >= 4 is 35.0 Å². The minimum absolute atomic E-state index is 0.0512. The van der Waals surface area contributed by atoms with Gasteiger partial charge in [-0.05, 0) is 62.9 Å². The van der Waals surface area contributed by atoms with Crippen LogP contribution in [0.2, 0.25) is 0 Å². The zero-order valence-electron chi connectivity index (χ0n) is 15.4. The van der Waals surface area contributed by atoms with Crippen molar-refractivity contribution in [2.45, 2.75) is 38.5 Å². The third kappa shape index (κ3) is 4.88. The second-order valence-corrected chi connectivity index (χ2v) is 7.92. The zero-order valence-corrected chi connectivity index (χ0v) is 16.2. The first-order valence-corrected chi connectivity index (χ1v) is 9.82. The molecule has 0 spiro atoms. The van der Waals surface area contributed by atoms with Gasteiger partial charge in [0.1, 0.15) is 0 Å². The van der Waals surface area contributed by atoms with Crippen LogP contribution in [0.3, 0.4) is 0 Å². The van der Waals surface area contributed by atoms with Crippen molar-refractivity contribution in [2.24, 2.45) is 5.92 Å². The predicted octanol–water partition coefficient (Wildman–Crippen LogP) is 4.69. The zero-order chi connectivity index (χ0) is 18.7. The van der Waals surface area contributed by atoms with Crippen molar-refractivity contribution in [1.82, 2.24) is 0 Å². The third-order valence-electron chi connectivity index (χ3n) is 4.43. The Balaban J connectivity index is 1.61. The van der Waals surface area contributed by atoms with Gasteiger partial charge in [0, 0.05) is 22.2 Å². The highest BCUT2D eigenvalue weighted by atomic mass is 32.2. The van der Waals surface area contributed by atoms with Gasteiger partial charge in [0.25, 0.3) is 0 Å². The van der Waals surface area contributed by atoms with Gasteiger partial charge in [-0.1, -0.05) is 23.8 Å². The molecule has 2 aromatic carbocycles. The average Bonchev–Trinajstić information content (AvgIpc) is 3.44. The monoisotopic (exact) mass is 368 g/mol. The molecule has 0 aromatic heterocycles. The summed E-state index contributed by atoms with van der Waals surface area (Å²) in [6.07, 6.45) is 1.94. The van der Waals surface area contributed by atoms with Crippen LogP contribution in [0.25, 0.3) is 0 Å². The van der Waals surface area contributed by atoms with Crippen LogP contribution >= 0.6 is 11.8 Å². The minimum Gasteiger partial charge on any atom is -0.326 e. The molecular formula is C21H24N2O2S. The molecule has 1 saturated carbocycles. The lowest BCUT2D eigenvalue weighted by Gasteiger charge is -2.12. The van der Waals surface area contributed by atoms with Crippen molar-refractivity contribution in [3.8, 4) is 0 Å². The van der Waals surface area contributed by atoms with E-state index in [4.69, 9.17) is 0 Å². The fraction of sp³-hybridized carbons (Fsp3) is 0.333. The van der Waals surface area contributed by atoms with E-state index >= 15 is 0 Å². The van der Waals surface area contributed by atoms with Crippen LogP contribution in [0.15, 0.2) is 41.3 Å². The summed E-state index contributed by atoms with van der Waals surface area (Å²) in [7, 11) is 0. The molecule has 2 N–H and O–H groups in total. The first kappa shape index (κ1) is 18.5. The number of rotatable bonds is 6. The molecule has 4 nitrogen and oxygen atoms in total. The van der Waals surface area contributed by atoms with Crippen LogP contribution < -0.4 is 10.6 Å². The summed E-state index contributed by atoms with van der Waals surface area (Å²) in [4.78, 5) is 25.4. The maximum atomic E-state index is 12.4. The lowest BCUT2D eigenvalue weighted by Crippen LogP contribution is -2.16. The van der Waals surface area contributed by atoms with Crippen LogP contribution in [-0.4, -0.2) is 17.6 Å². The number of carbonyl (C=O) groups excluding carboxylic acids is 2. The van der Waals surface area contributed by atoms with Crippen molar-refractivity contribution in [2.75, 3.05) is 16.4 Å². The number of hydrogen-bond acceptors (Lipinski definition) is 3. The molecule has 0 bridgehead atoms. The van der Waals surface area contributed by atoms with E-state index in [2.05, 4.69) is 35.8 Å². The Morgan fingerprint density at radius 2 is 1.73 bits per heavy atom. The summed E-state index contributed by atoms with van der Waals surface area (Å²) < 4.78 is 0. The van der Waals surface area contributed by atoms with Crippen molar-refractivity contribution in [3.63, 3.8) is 0 Å². The van der Waals surface area contributed by atoms with E-state index in [9.17, 15) is 9.59 Å². The Morgan fingerprint density at radius 1 is 1.00 bits per heavy atom. The largest absolute Gasteiger partial charge is 0.326 e. The van der Waals surface area contributed by atoms with E-state index in [0.717, 1.165) is 34.7 Å². The van der Waals surface area contributed by atoms with E-state index in [0.29, 0.717) is 5.75 Å². The Bertz CT molecular complexity index is 844. The molecule has 0 aliphatic heterocycles. The topological polar surface area (TPSA) is 58.2 Å². The molecule has 2 aromatic rings. The standard InChI is InChI=1S/C21H24N2O2S/c1-13-4-5-15(3)19(10-13)26-12-20(24)23-18-11-17(9-6-14(18)2)22-21(25)16-7-8-16/h4-6,9-11,16H,7-8,12H2,1-3H3,(H,22,25)(H,23,24). The Labute approximate surface area is 158 Å². The predicted molar refractivity (Wildman–Crippen MR) is 108 cm³/mol. The van der Waals surface area contributed by atoms with Gasteiger partial charge in [-0.2, -0.15) is 0 Å². The molecule has 26 heavy (non-hydrogen) atoms. The summed E-state index contributed by atoms with van der Waals surface area (Å²) in [5.41, 5.74) is 4.80. The van der Waals surface area contributed by atoms with Gasteiger partial charge in [-0.3, -0.25) is 9.59 Å². The van der Waals surface area contributed by atoms with Gasteiger partial charge in [-0.25, -0.2) is 0 Å². The molecule has 1 aliphatic rings. The van der Waals surface area contributed by atoms with Crippen LogP contribution in [0.5, 0.6) is 0 Å². The first-order chi connectivity index (χ1) is 12.4. The minimum atomic E-state index is -0.0512. The second kappa shape index (κ2) is 7.96. The summed E-state index contributed by atoms with van der Waals surface area (Å²) in [5.74, 6) is 0.521. The number of anilines is 2. The number of benzene rings is 2. The van der Waals surface area contributed by atoms with Crippen molar-refractivity contribution < 1.29 is 9.59 Å². The highest BCUT2D eigenvalue weighted by molar-refractivity contribution is 8.00. The Kier molecular flexibility index (Phi) is 5.67. The molecule has 1 aliphatic carbocycles. The average molecular weight is 369 g/mol.